The summed E-state index contributed by atoms with van der Waals surface area (Å²) in [7, 11) is -2.95. The van der Waals surface area contributed by atoms with Gasteiger partial charge in [0, 0.05) is 37.6 Å². The van der Waals surface area contributed by atoms with E-state index in [-0.39, 0.29) is 33.4 Å². The van der Waals surface area contributed by atoms with Crippen molar-refractivity contribution < 1.29 is 17.9 Å². The fourth-order valence-electron chi connectivity index (χ4n) is 5.57. The van der Waals surface area contributed by atoms with Crippen molar-refractivity contribution in [1.29, 1.82) is 5.26 Å². The Morgan fingerprint density at radius 2 is 1.91 bits per heavy atom. The lowest BCUT2D eigenvalue weighted by Gasteiger charge is -2.25. The van der Waals surface area contributed by atoms with Gasteiger partial charge < -0.3 is 19.9 Å². The van der Waals surface area contributed by atoms with Crippen LogP contribution in [0.4, 0.5) is 0 Å². The molecule has 0 radical (unpaired) electrons. The molecule has 1 unspecified atom stereocenters. The summed E-state index contributed by atoms with van der Waals surface area (Å²) in [6.07, 6.45) is 4.03. The lowest BCUT2D eigenvalue weighted by molar-refractivity contribution is -0.132. The minimum absolute atomic E-state index is 0.0115. The first-order valence-electron chi connectivity index (χ1n) is 13.9. The number of methoxy groups -OCH3 is 1. The first-order chi connectivity index (χ1) is 21.3. The van der Waals surface area contributed by atoms with Crippen LogP contribution in [-0.2, 0) is 21.4 Å². The number of H-pyrrole nitrogens is 1. The highest BCUT2D eigenvalue weighted by molar-refractivity contribution is 7.90. The highest BCUT2D eigenvalue weighted by atomic mass is 32.2. The number of aromatic amines is 1. The van der Waals surface area contributed by atoms with Gasteiger partial charge in [-0.1, -0.05) is 30.3 Å². The zero-order valence-electron chi connectivity index (χ0n) is 23.8. The molecule has 1 amide bonds. The predicted octanol–water partition coefficient (Wildman–Crippen LogP) is 2.62. The van der Waals surface area contributed by atoms with Crippen LogP contribution >= 0.6 is 0 Å². The normalized spacial score (nSPS) is 15.7. The molecule has 2 N–H and O–H groups in total. The first-order valence-corrected chi connectivity index (χ1v) is 15.4. The van der Waals surface area contributed by atoms with Crippen molar-refractivity contribution in [2.75, 3.05) is 20.2 Å². The average Bonchev–Trinajstić information content (AvgIpc) is 3.81. The number of ether oxygens (including phenoxy) is 1. The van der Waals surface area contributed by atoms with Crippen molar-refractivity contribution in [2.45, 2.75) is 29.9 Å². The number of fused-ring (bicyclic) bond motifs is 1. The monoisotopic (exact) mass is 611 g/mol. The second-order valence-electron chi connectivity index (χ2n) is 10.5. The van der Waals surface area contributed by atoms with Crippen molar-refractivity contribution in [2.24, 2.45) is 0 Å². The number of imidazole rings is 2. The molecule has 1 saturated heterocycles. The summed E-state index contributed by atoms with van der Waals surface area (Å²) in [4.78, 5) is 37.3. The molecule has 3 aromatic carbocycles. The van der Waals surface area contributed by atoms with E-state index in [0.717, 1.165) is 5.69 Å². The third-order valence-corrected chi connectivity index (χ3v) is 9.51. The molecule has 0 bridgehead atoms. The van der Waals surface area contributed by atoms with E-state index in [1.54, 1.807) is 47.8 Å². The van der Waals surface area contributed by atoms with Crippen molar-refractivity contribution in [3.8, 4) is 11.8 Å². The maximum Gasteiger partial charge on any atom is 0.344 e. The molecular formula is C31H29N7O5S. The Morgan fingerprint density at radius 1 is 1.14 bits per heavy atom. The quantitative estimate of drug-likeness (QED) is 0.258. The summed E-state index contributed by atoms with van der Waals surface area (Å²) in [5.41, 5.74) is 0.940. The fourth-order valence-corrected chi connectivity index (χ4v) is 6.97. The largest absolute Gasteiger partial charge is 0.497 e. The molecule has 0 aliphatic carbocycles. The molecule has 1 aliphatic rings. The topological polar surface area (TPSA) is 155 Å². The number of hydrogen-bond acceptors (Lipinski definition) is 8. The van der Waals surface area contributed by atoms with E-state index in [9.17, 15) is 23.3 Å². The summed E-state index contributed by atoms with van der Waals surface area (Å²) >= 11 is 0. The smallest absolute Gasteiger partial charge is 0.344 e. The lowest BCUT2D eigenvalue weighted by Crippen LogP contribution is -2.42. The van der Waals surface area contributed by atoms with Gasteiger partial charge in [0.15, 0.2) is 0 Å². The molecule has 0 saturated carbocycles. The van der Waals surface area contributed by atoms with E-state index < -0.39 is 21.8 Å². The van der Waals surface area contributed by atoms with E-state index in [0.29, 0.717) is 41.3 Å². The first kappa shape index (κ1) is 28.9. The maximum atomic E-state index is 14.4. The minimum Gasteiger partial charge on any atom is -0.497 e. The van der Waals surface area contributed by atoms with Crippen molar-refractivity contribution in [3.05, 3.63) is 113 Å². The molecule has 2 aromatic heterocycles. The van der Waals surface area contributed by atoms with Gasteiger partial charge in [0.05, 0.1) is 41.0 Å². The van der Waals surface area contributed by atoms with Gasteiger partial charge in [0.2, 0.25) is 0 Å². The van der Waals surface area contributed by atoms with Crippen LogP contribution in [0.5, 0.6) is 5.75 Å². The molecular weight excluding hydrogens is 582 g/mol. The molecule has 12 nitrogen and oxygen atoms in total. The Morgan fingerprint density at radius 3 is 2.59 bits per heavy atom. The molecule has 5 aromatic rings. The Kier molecular flexibility index (Phi) is 7.77. The van der Waals surface area contributed by atoms with Gasteiger partial charge in [-0.05, 0) is 54.4 Å². The number of rotatable bonds is 9. The maximum absolute atomic E-state index is 14.4. The van der Waals surface area contributed by atoms with Gasteiger partial charge in [-0.15, -0.1) is 0 Å². The molecule has 6 rings (SSSR count). The molecule has 1 fully saturated rings. The molecule has 13 heteroatoms. The second kappa shape index (κ2) is 11.8. The molecule has 1 aliphatic heterocycles. The zero-order valence-corrected chi connectivity index (χ0v) is 24.6. The van der Waals surface area contributed by atoms with Crippen LogP contribution in [0, 0.1) is 11.3 Å². The Labute approximate surface area is 253 Å². The molecule has 224 valence electrons. The number of aromatic nitrogens is 4. The molecule has 44 heavy (non-hydrogen) atoms. The van der Waals surface area contributed by atoms with Crippen molar-refractivity contribution in [1.82, 2.24) is 28.7 Å². The van der Waals surface area contributed by atoms with E-state index in [4.69, 9.17) is 4.74 Å². The number of hydrogen-bond donors (Lipinski definition) is 2. The van der Waals surface area contributed by atoms with E-state index >= 15 is 0 Å². The Bertz CT molecular complexity index is 2010. The summed E-state index contributed by atoms with van der Waals surface area (Å²) in [5.74, 6) is 0.0995. The van der Waals surface area contributed by atoms with Crippen LogP contribution in [-0.4, -0.2) is 64.0 Å². The lowest BCUT2D eigenvalue weighted by atomic mass is 10.0. The SMILES string of the molecule is COc1ccc(S(=O)(=O)n2c(=O)n(C(C(=O)N3CC[C@H](NCc4cnc[nH]4)C3)c3ccccc3)c3cc(C#N)ccc32)cc1. The van der Waals surface area contributed by atoms with Crippen LogP contribution < -0.4 is 15.7 Å². The van der Waals surface area contributed by atoms with Crippen LogP contribution in [0.2, 0.25) is 0 Å². The number of carbonyl (C=O) groups excluding carboxylic acids is 1. The molecule has 2 atom stereocenters. The summed E-state index contributed by atoms with van der Waals surface area (Å²) in [6, 6.07) is 19.7. The third kappa shape index (κ3) is 5.25. The number of benzene rings is 3. The summed E-state index contributed by atoms with van der Waals surface area (Å²) in [6.45, 7) is 1.41. The van der Waals surface area contributed by atoms with Gasteiger partial charge in [0.1, 0.15) is 11.8 Å². The van der Waals surface area contributed by atoms with Gasteiger partial charge in [-0.25, -0.2) is 18.2 Å². The number of carbonyl (C=O) groups is 1. The van der Waals surface area contributed by atoms with Gasteiger partial charge in [-0.2, -0.15) is 9.23 Å². The highest BCUT2D eigenvalue weighted by Gasteiger charge is 2.37. The van der Waals surface area contributed by atoms with Crippen molar-refractivity contribution in [3.63, 3.8) is 0 Å². The van der Waals surface area contributed by atoms with Crippen molar-refractivity contribution >= 4 is 27.0 Å². The van der Waals surface area contributed by atoms with Crippen LogP contribution in [0.15, 0.2) is 95.0 Å². The number of nitrogens with zero attached hydrogens (tertiary/aromatic N) is 5. The van der Waals surface area contributed by atoms with Crippen LogP contribution in [0.1, 0.15) is 29.3 Å². The molecule has 3 heterocycles. The number of nitriles is 1. The summed E-state index contributed by atoms with van der Waals surface area (Å²) in [5, 5.41) is 13.1. The fraction of sp³-hybridized carbons (Fsp3) is 0.226. The highest BCUT2D eigenvalue weighted by Crippen LogP contribution is 2.29. The molecule has 0 spiro atoms. The second-order valence-corrected chi connectivity index (χ2v) is 12.2. The predicted molar refractivity (Wildman–Crippen MR) is 161 cm³/mol. The third-order valence-electron chi connectivity index (χ3n) is 7.80. The number of nitrogens with one attached hydrogen (secondary N) is 2. The van der Waals surface area contributed by atoms with Gasteiger partial charge >= 0.3 is 5.69 Å². The zero-order chi connectivity index (χ0) is 30.8. The van der Waals surface area contributed by atoms with E-state index in [2.05, 4.69) is 21.4 Å². The number of amides is 1. The summed E-state index contributed by atoms with van der Waals surface area (Å²) < 4.78 is 35.0. The Hall–Kier alpha value is -5.19. The minimum atomic E-state index is -4.42. The van der Waals surface area contributed by atoms with E-state index in [1.165, 1.54) is 54.1 Å². The van der Waals surface area contributed by atoms with Gasteiger partial charge in [0.25, 0.3) is 15.9 Å². The Balaban J connectivity index is 1.46. The van der Waals surface area contributed by atoms with Crippen LogP contribution in [0.3, 0.4) is 0 Å². The average molecular weight is 612 g/mol. The van der Waals surface area contributed by atoms with Crippen LogP contribution in [0.25, 0.3) is 11.0 Å². The standard InChI is InChI=1S/C31H29N7O5S/c1-43-25-8-10-26(11-9-25)44(41,42)38-27-12-7-21(16-32)15-28(27)37(31(38)40)29(22-5-3-2-4-6-22)30(39)36-14-13-23(19-36)34-18-24-17-33-20-35-24/h2-12,15,17,20,23,29,34H,13-14,18-19H2,1H3,(H,33,35)/t23-,29?/m0/s1. The number of likely N-dealkylation sites (tertiary alicyclic amines) is 1. The van der Waals surface area contributed by atoms with E-state index in [1.807, 2.05) is 0 Å². The van der Waals surface area contributed by atoms with Gasteiger partial charge in [-0.3, -0.25) is 9.36 Å².